The van der Waals surface area contributed by atoms with Crippen LogP contribution < -0.4 is 15.8 Å². The van der Waals surface area contributed by atoms with E-state index in [1.54, 1.807) is 24.4 Å². The average molecular weight is 424 g/mol. The molecule has 1 saturated heterocycles. The van der Waals surface area contributed by atoms with Crippen LogP contribution in [0.4, 0.5) is 11.5 Å². The number of para-hydroxylation sites is 1. The largest absolute Gasteiger partial charge is 0.368 e. The molecule has 1 amide bonds. The Morgan fingerprint density at radius 1 is 1.17 bits per heavy atom. The molecule has 0 bridgehead atoms. The van der Waals surface area contributed by atoms with Crippen LogP contribution in [0, 0.1) is 12.8 Å². The summed E-state index contributed by atoms with van der Waals surface area (Å²) >= 11 is 6.43. The van der Waals surface area contributed by atoms with E-state index >= 15 is 0 Å². The number of carbonyl (C=O) groups excluding carboxylic acids is 1. The van der Waals surface area contributed by atoms with Crippen molar-refractivity contribution in [1.82, 2.24) is 14.8 Å². The molecule has 3 aromatic rings. The van der Waals surface area contributed by atoms with E-state index in [0.717, 1.165) is 18.5 Å². The molecule has 1 atom stereocenters. The summed E-state index contributed by atoms with van der Waals surface area (Å²) in [5, 5.41) is 7.30. The molecule has 30 heavy (non-hydrogen) atoms. The van der Waals surface area contributed by atoms with E-state index in [1.807, 2.05) is 42.2 Å². The van der Waals surface area contributed by atoms with Crippen LogP contribution in [-0.2, 0) is 4.79 Å². The summed E-state index contributed by atoms with van der Waals surface area (Å²) in [7, 11) is 0. The van der Waals surface area contributed by atoms with Gasteiger partial charge in [-0.2, -0.15) is 9.78 Å². The third-order valence-corrected chi connectivity index (χ3v) is 5.53. The van der Waals surface area contributed by atoms with Gasteiger partial charge in [-0.3, -0.25) is 9.59 Å². The van der Waals surface area contributed by atoms with Gasteiger partial charge in [0.05, 0.1) is 23.5 Å². The summed E-state index contributed by atoms with van der Waals surface area (Å²) < 4.78 is 1.28. The Hall–Kier alpha value is -3.19. The van der Waals surface area contributed by atoms with Gasteiger partial charge in [0.2, 0.25) is 5.91 Å². The van der Waals surface area contributed by atoms with Gasteiger partial charge in [-0.15, -0.1) is 0 Å². The number of rotatable bonds is 4. The lowest BCUT2D eigenvalue weighted by molar-refractivity contribution is -0.120. The fraction of sp³-hybridized carbons (Fsp3) is 0.273. The topological polar surface area (TPSA) is 80.1 Å². The number of halogens is 1. The first kappa shape index (κ1) is 20.1. The lowest BCUT2D eigenvalue weighted by atomic mass is 9.97. The van der Waals surface area contributed by atoms with Gasteiger partial charge in [-0.25, -0.2) is 4.98 Å². The number of amides is 1. The Bertz CT molecular complexity index is 1120. The third kappa shape index (κ3) is 4.21. The first-order chi connectivity index (χ1) is 14.5. The van der Waals surface area contributed by atoms with Crippen molar-refractivity contribution in [1.29, 1.82) is 0 Å². The van der Waals surface area contributed by atoms with Crippen LogP contribution in [0.5, 0.6) is 0 Å². The number of nitrogens with zero attached hydrogens (tertiary/aromatic N) is 4. The molecule has 0 spiro atoms. The Labute approximate surface area is 179 Å². The van der Waals surface area contributed by atoms with Gasteiger partial charge in [-0.05, 0) is 44.0 Å². The molecule has 3 heterocycles. The monoisotopic (exact) mass is 423 g/mol. The second-order valence-electron chi connectivity index (χ2n) is 7.33. The van der Waals surface area contributed by atoms with Crippen molar-refractivity contribution in [3.63, 3.8) is 0 Å². The Morgan fingerprint density at radius 3 is 2.73 bits per heavy atom. The van der Waals surface area contributed by atoms with Crippen molar-refractivity contribution < 1.29 is 4.79 Å². The molecule has 1 N–H and O–H groups in total. The highest BCUT2D eigenvalue weighted by molar-refractivity contribution is 6.33. The van der Waals surface area contributed by atoms with Crippen LogP contribution in [0.25, 0.3) is 5.69 Å². The standard InChI is InChI=1S/C22H22ClN5O2/c1-15-7-5-11-19(25-15)26-21(29)16-8-6-12-27(14-16)18-13-24-28(22(30)20(18)23)17-9-3-2-4-10-17/h2-5,7,9-11,13,16H,6,8,12,14H2,1H3,(H,25,26,29). The summed E-state index contributed by atoms with van der Waals surface area (Å²) in [5.41, 5.74) is 1.67. The maximum absolute atomic E-state index is 12.8. The number of carbonyl (C=O) groups is 1. The van der Waals surface area contributed by atoms with Crippen LogP contribution in [0.3, 0.4) is 0 Å². The minimum Gasteiger partial charge on any atom is -0.368 e. The number of pyridine rings is 1. The summed E-state index contributed by atoms with van der Waals surface area (Å²) in [6.45, 7) is 3.06. The third-order valence-electron chi connectivity index (χ3n) is 5.17. The maximum Gasteiger partial charge on any atom is 0.292 e. The number of aromatic nitrogens is 3. The average Bonchev–Trinajstić information content (AvgIpc) is 2.76. The molecule has 154 valence electrons. The molecular weight excluding hydrogens is 402 g/mol. The molecule has 1 aliphatic heterocycles. The highest BCUT2D eigenvalue weighted by atomic mass is 35.5. The van der Waals surface area contributed by atoms with E-state index in [0.29, 0.717) is 30.3 Å². The summed E-state index contributed by atoms with van der Waals surface area (Å²) in [5.74, 6) is 0.232. The number of anilines is 2. The normalized spacial score (nSPS) is 16.3. The van der Waals surface area contributed by atoms with Crippen molar-refractivity contribution >= 4 is 29.0 Å². The van der Waals surface area contributed by atoms with Gasteiger partial charge in [0.15, 0.2) is 0 Å². The highest BCUT2D eigenvalue weighted by Gasteiger charge is 2.28. The van der Waals surface area contributed by atoms with Crippen LogP contribution in [-0.4, -0.2) is 33.8 Å². The zero-order valence-corrected chi connectivity index (χ0v) is 17.3. The fourth-order valence-electron chi connectivity index (χ4n) is 3.65. The van der Waals surface area contributed by atoms with Crippen molar-refractivity contribution in [2.45, 2.75) is 19.8 Å². The zero-order valence-electron chi connectivity index (χ0n) is 16.6. The molecule has 7 nitrogen and oxygen atoms in total. The molecule has 2 aromatic heterocycles. The van der Waals surface area contributed by atoms with Crippen molar-refractivity contribution in [3.8, 4) is 5.69 Å². The number of benzene rings is 1. The molecule has 8 heteroatoms. The van der Waals surface area contributed by atoms with Gasteiger partial charge >= 0.3 is 0 Å². The first-order valence-electron chi connectivity index (χ1n) is 9.85. The van der Waals surface area contributed by atoms with Gasteiger partial charge in [0.25, 0.3) is 5.56 Å². The van der Waals surface area contributed by atoms with Crippen LogP contribution >= 0.6 is 11.6 Å². The van der Waals surface area contributed by atoms with E-state index < -0.39 is 0 Å². The van der Waals surface area contributed by atoms with E-state index in [4.69, 9.17) is 11.6 Å². The van der Waals surface area contributed by atoms with Crippen LogP contribution in [0.1, 0.15) is 18.5 Å². The minimum absolute atomic E-state index is 0.0838. The molecular formula is C22H22ClN5O2. The molecule has 1 unspecified atom stereocenters. The van der Waals surface area contributed by atoms with E-state index in [2.05, 4.69) is 15.4 Å². The summed E-state index contributed by atoms with van der Waals surface area (Å²) in [6, 6.07) is 14.6. The minimum atomic E-state index is -0.379. The molecule has 4 rings (SSSR count). The second kappa shape index (κ2) is 8.67. The quantitative estimate of drug-likeness (QED) is 0.695. The number of piperidine rings is 1. The van der Waals surface area contributed by atoms with Gasteiger partial charge in [-0.1, -0.05) is 35.9 Å². The smallest absolute Gasteiger partial charge is 0.292 e. The highest BCUT2D eigenvalue weighted by Crippen LogP contribution is 2.27. The molecule has 1 aromatic carbocycles. The Balaban J connectivity index is 1.52. The molecule has 1 aliphatic rings. The maximum atomic E-state index is 12.8. The molecule has 0 saturated carbocycles. The molecule has 0 aliphatic carbocycles. The van der Waals surface area contributed by atoms with Crippen molar-refractivity contribution in [2.75, 3.05) is 23.3 Å². The molecule has 1 fully saturated rings. The SMILES string of the molecule is Cc1cccc(NC(=O)C2CCCN(c3cnn(-c4ccccc4)c(=O)c3Cl)C2)n1. The lowest BCUT2D eigenvalue weighted by Crippen LogP contribution is -2.41. The van der Waals surface area contributed by atoms with E-state index in [1.165, 1.54) is 4.68 Å². The summed E-state index contributed by atoms with van der Waals surface area (Å²) in [6.07, 6.45) is 3.18. The molecule has 0 radical (unpaired) electrons. The van der Waals surface area contributed by atoms with Gasteiger partial charge in [0, 0.05) is 18.8 Å². The summed E-state index contributed by atoms with van der Waals surface area (Å²) in [4.78, 5) is 31.8. The van der Waals surface area contributed by atoms with Gasteiger partial charge < -0.3 is 10.2 Å². The Morgan fingerprint density at radius 2 is 1.97 bits per heavy atom. The Kier molecular flexibility index (Phi) is 5.81. The van der Waals surface area contributed by atoms with Crippen molar-refractivity contribution in [2.24, 2.45) is 5.92 Å². The van der Waals surface area contributed by atoms with Gasteiger partial charge in [0.1, 0.15) is 10.8 Å². The van der Waals surface area contributed by atoms with Crippen molar-refractivity contribution in [3.05, 3.63) is 75.8 Å². The lowest BCUT2D eigenvalue weighted by Gasteiger charge is -2.33. The van der Waals surface area contributed by atoms with Crippen LogP contribution in [0.15, 0.2) is 59.5 Å². The second-order valence-corrected chi connectivity index (χ2v) is 7.71. The van der Waals surface area contributed by atoms with E-state index in [9.17, 15) is 9.59 Å². The predicted octanol–water partition coefficient (Wildman–Crippen LogP) is 3.44. The van der Waals surface area contributed by atoms with Crippen LogP contribution in [0.2, 0.25) is 5.02 Å². The predicted molar refractivity (Wildman–Crippen MR) is 117 cm³/mol. The number of aryl methyl sites for hydroxylation is 1. The number of hydrogen-bond donors (Lipinski definition) is 1. The first-order valence-corrected chi connectivity index (χ1v) is 10.2. The van der Waals surface area contributed by atoms with E-state index in [-0.39, 0.29) is 22.4 Å². The zero-order chi connectivity index (χ0) is 21.1. The number of nitrogens with one attached hydrogen (secondary N) is 1. The fourth-order valence-corrected chi connectivity index (χ4v) is 3.90. The number of hydrogen-bond acceptors (Lipinski definition) is 5.